The van der Waals surface area contributed by atoms with Crippen molar-refractivity contribution in [1.29, 1.82) is 0 Å². The highest BCUT2D eigenvalue weighted by atomic mass is 79.9. The molecule has 1 unspecified atom stereocenters. The zero-order chi connectivity index (χ0) is 13.7. The van der Waals surface area contributed by atoms with Gasteiger partial charge in [0.25, 0.3) is 11.6 Å². The molecule has 0 bridgehead atoms. The minimum atomic E-state index is -0.532. The molecule has 0 radical (unpaired) electrons. The molecule has 1 amide bonds. The first-order valence-corrected chi connectivity index (χ1v) is 6.67. The van der Waals surface area contributed by atoms with Crippen molar-refractivity contribution in [2.45, 2.75) is 13.8 Å². The van der Waals surface area contributed by atoms with Gasteiger partial charge in [-0.2, -0.15) is 0 Å². The third kappa shape index (κ3) is 3.53. The summed E-state index contributed by atoms with van der Waals surface area (Å²) in [5, 5.41) is 14.4. The Balaban J connectivity index is 2.94. The third-order valence-corrected chi connectivity index (χ3v) is 3.65. The second-order valence-electron chi connectivity index (χ2n) is 4.20. The average molecular weight is 315 g/mol. The van der Waals surface area contributed by atoms with Gasteiger partial charge in [-0.1, -0.05) is 35.0 Å². The Morgan fingerprint density at radius 3 is 2.78 bits per heavy atom. The Labute approximate surface area is 114 Å². The van der Waals surface area contributed by atoms with E-state index in [4.69, 9.17) is 0 Å². The molecule has 1 atom stereocenters. The van der Waals surface area contributed by atoms with Gasteiger partial charge in [-0.3, -0.25) is 14.9 Å². The minimum absolute atomic E-state index is 0.143. The summed E-state index contributed by atoms with van der Waals surface area (Å²) in [6.07, 6.45) is 0. The number of benzene rings is 1. The number of hydrogen-bond acceptors (Lipinski definition) is 3. The van der Waals surface area contributed by atoms with Crippen LogP contribution in [0.4, 0.5) is 5.69 Å². The number of nitro groups is 1. The normalized spacial score (nSPS) is 11.9. The molecule has 1 aromatic carbocycles. The fourth-order valence-electron chi connectivity index (χ4n) is 1.51. The van der Waals surface area contributed by atoms with Crippen LogP contribution in [0.1, 0.15) is 22.8 Å². The first-order valence-electron chi connectivity index (χ1n) is 5.55. The van der Waals surface area contributed by atoms with Crippen LogP contribution in [-0.2, 0) is 0 Å². The number of carbonyl (C=O) groups is 1. The number of hydrogen-bond donors (Lipinski definition) is 1. The fraction of sp³-hybridized carbons (Fsp3) is 0.417. The molecule has 6 heteroatoms. The predicted octanol–water partition coefficient (Wildman–Crippen LogP) is 2.66. The molecule has 0 aliphatic heterocycles. The Kier molecular flexibility index (Phi) is 5.27. The van der Waals surface area contributed by atoms with E-state index in [2.05, 4.69) is 21.2 Å². The molecule has 0 aliphatic carbocycles. The van der Waals surface area contributed by atoms with Gasteiger partial charge in [-0.15, -0.1) is 0 Å². The van der Waals surface area contributed by atoms with E-state index in [-0.39, 0.29) is 17.2 Å². The molecule has 0 saturated heterocycles. The predicted molar refractivity (Wildman–Crippen MR) is 73.1 cm³/mol. The van der Waals surface area contributed by atoms with E-state index in [1.54, 1.807) is 19.1 Å². The first-order chi connectivity index (χ1) is 8.47. The van der Waals surface area contributed by atoms with Gasteiger partial charge in [0.2, 0.25) is 0 Å². The fourth-order valence-corrected chi connectivity index (χ4v) is 1.74. The van der Waals surface area contributed by atoms with Gasteiger partial charge in [0.15, 0.2) is 0 Å². The Morgan fingerprint density at radius 1 is 1.56 bits per heavy atom. The third-order valence-electron chi connectivity index (χ3n) is 2.55. The van der Waals surface area contributed by atoms with Crippen LogP contribution in [0.2, 0.25) is 0 Å². The molecule has 0 saturated carbocycles. The number of halogens is 1. The number of nitrogens with one attached hydrogen (secondary N) is 1. The van der Waals surface area contributed by atoms with Crippen LogP contribution < -0.4 is 5.32 Å². The summed E-state index contributed by atoms with van der Waals surface area (Å²) < 4.78 is 0. The van der Waals surface area contributed by atoms with Gasteiger partial charge in [-0.25, -0.2) is 0 Å². The van der Waals surface area contributed by atoms with Crippen molar-refractivity contribution in [3.8, 4) is 0 Å². The van der Waals surface area contributed by atoms with Crippen molar-refractivity contribution < 1.29 is 9.72 Å². The summed E-state index contributed by atoms with van der Waals surface area (Å²) in [5.41, 5.74) is 0.594. The van der Waals surface area contributed by atoms with Crippen LogP contribution in [0.3, 0.4) is 0 Å². The SMILES string of the molecule is Cc1cccc([N+](=O)[O-])c1C(=O)NCC(C)CBr. The van der Waals surface area contributed by atoms with Gasteiger partial charge in [-0.05, 0) is 18.4 Å². The van der Waals surface area contributed by atoms with E-state index in [1.807, 2.05) is 6.92 Å². The van der Waals surface area contributed by atoms with Crippen molar-refractivity contribution in [2.24, 2.45) is 5.92 Å². The highest BCUT2D eigenvalue weighted by Gasteiger charge is 2.21. The molecule has 5 nitrogen and oxygen atoms in total. The Hall–Kier alpha value is -1.43. The van der Waals surface area contributed by atoms with Crippen molar-refractivity contribution in [3.63, 3.8) is 0 Å². The van der Waals surface area contributed by atoms with E-state index in [1.165, 1.54) is 6.07 Å². The maximum absolute atomic E-state index is 12.0. The standard InChI is InChI=1S/C12H15BrN2O3/c1-8(6-13)7-14-12(16)11-9(2)4-3-5-10(11)15(17)18/h3-5,8H,6-7H2,1-2H3,(H,14,16). The van der Waals surface area contributed by atoms with Gasteiger partial charge in [0.1, 0.15) is 5.56 Å². The molecule has 1 N–H and O–H groups in total. The second-order valence-corrected chi connectivity index (χ2v) is 4.84. The topological polar surface area (TPSA) is 72.2 Å². The molecule has 0 aliphatic rings. The smallest absolute Gasteiger partial charge is 0.282 e. The number of aryl methyl sites for hydroxylation is 1. The van der Waals surface area contributed by atoms with Crippen LogP contribution in [0, 0.1) is 23.0 Å². The lowest BCUT2D eigenvalue weighted by Gasteiger charge is -2.11. The molecule has 98 valence electrons. The molecular weight excluding hydrogens is 300 g/mol. The molecule has 1 aromatic rings. The molecule has 0 aromatic heterocycles. The molecule has 1 rings (SSSR count). The summed E-state index contributed by atoms with van der Waals surface area (Å²) in [5.74, 6) is -0.121. The summed E-state index contributed by atoms with van der Waals surface area (Å²) in [6, 6.07) is 4.61. The number of carbonyl (C=O) groups excluding carboxylic acids is 1. The highest BCUT2D eigenvalue weighted by molar-refractivity contribution is 9.09. The lowest BCUT2D eigenvalue weighted by Crippen LogP contribution is -2.29. The molecular formula is C12H15BrN2O3. The molecule has 0 fully saturated rings. The number of nitro benzene ring substituents is 1. The van der Waals surface area contributed by atoms with Crippen LogP contribution in [0.15, 0.2) is 18.2 Å². The Morgan fingerprint density at radius 2 is 2.22 bits per heavy atom. The Bertz CT molecular complexity index is 463. The quantitative estimate of drug-likeness (QED) is 0.516. The van der Waals surface area contributed by atoms with E-state index in [0.717, 1.165) is 5.33 Å². The lowest BCUT2D eigenvalue weighted by atomic mass is 10.1. The zero-order valence-electron chi connectivity index (χ0n) is 10.3. The van der Waals surface area contributed by atoms with Crippen LogP contribution in [-0.4, -0.2) is 22.7 Å². The minimum Gasteiger partial charge on any atom is -0.352 e. The summed E-state index contributed by atoms with van der Waals surface area (Å²) >= 11 is 3.31. The lowest BCUT2D eigenvalue weighted by molar-refractivity contribution is -0.385. The van der Waals surface area contributed by atoms with Crippen LogP contribution in [0.5, 0.6) is 0 Å². The summed E-state index contributed by atoms with van der Waals surface area (Å²) in [4.78, 5) is 22.3. The number of amides is 1. The van der Waals surface area contributed by atoms with E-state index in [0.29, 0.717) is 12.1 Å². The highest BCUT2D eigenvalue weighted by Crippen LogP contribution is 2.21. The monoisotopic (exact) mass is 314 g/mol. The van der Waals surface area contributed by atoms with Gasteiger partial charge in [0, 0.05) is 17.9 Å². The molecule has 0 spiro atoms. The maximum atomic E-state index is 12.0. The van der Waals surface area contributed by atoms with Crippen molar-refractivity contribution >= 4 is 27.5 Å². The van der Waals surface area contributed by atoms with Gasteiger partial charge < -0.3 is 5.32 Å². The van der Waals surface area contributed by atoms with E-state index < -0.39 is 10.8 Å². The first kappa shape index (κ1) is 14.6. The van der Waals surface area contributed by atoms with Crippen LogP contribution >= 0.6 is 15.9 Å². The average Bonchev–Trinajstić information content (AvgIpc) is 2.34. The van der Waals surface area contributed by atoms with E-state index >= 15 is 0 Å². The number of nitrogens with zero attached hydrogens (tertiary/aromatic N) is 1. The maximum Gasteiger partial charge on any atom is 0.282 e. The van der Waals surface area contributed by atoms with Crippen molar-refractivity contribution in [3.05, 3.63) is 39.4 Å². The number of rotatable bonds is 5. The van der Waals surface area contributed by atoms with Crippen molar-refractivity contribution in [1.82, 2.24) is 5.32 Å². The largest absolute Gasteiger partial charge is 0.352 e. The van der Waals surface area contributed by atoms with Gasteiger partial charge in [0.05, 0.1) is 4.92 Å². The zero-order valence-corrected chi connectivity index (χ0v) is 11.9. The summed E-state index contributed by atoms with van der Waals surface area (Å²) in [7, 11) is 0. The second kappa shape index (κ2) is 6.49. The van der Waals surface area contributed by atoms with Gasteiger partial charge >= 0.3 is 0 Å². The molecule has 0 heterocycles. The molecule has 18 heavy (non-hydrogen) atoms. The summed E-state index contributed by atoms with van der Waals surface area (Å²) in [6.45, 7) is 4.15. The van der Waals surface area contributed by atoms with Crippen molar-refractivity contribution in [2.75, 3.05) is 11.9 Å². The van der Waals surface area contributed by atoms with E-state index in [9.17, 15) is 14.9 Å². The number of alkyl halides is 1. The van der Waals surface area contributed by atoms with Crippen LogP contribution in [0.25, 0.3) is 0 Å².